The van der Waals surface area contributed by atoms with E-state index in [9.17, 15) is 14.0 Å². The van der Waals surface area contributed by atoms with Crippen molar-refractivity contribution >= 4 is 23.2 Å². The molecule has 1 aliphatic rings. The largest absolute Gasteiger partial charge is 0.378 e. The molecule has 0 spiro atoms. The molecule has 2 aromatic carbocycles. The first-order chi connectivity index (χ1) is 13.1. The molecule has 0 aromatic heterocycles. The van der Waals surface area contributed by atoms with E-state index in [1.807, 2.05) is 18.2 Å². The summed E-state index contributed by atoms with van der Waals surface area (Å²) in [5.74, 6) is -1.82. The Morgan fingerprint density at radius 3 is 2.59 bits per heavy atom. The maximum Gasteiger partial charge on any atom is 0.313 e. The van der Waals surface area contributed by atoms with Crippen LogP contribution < -0.4 is 15.5 Å². The first-order valence-electron chi connectivity index (χ1n) is 8.89. The normalized spacial score (nSPS) is 13.9. The summed E-state index contributed by atoms with van der Waals surface area (Å²) in [6, 6.07) is 13.7. The van der Waals surface area contributed by atoms with E-state index in [-0.39, 0.29) is 12.4 Å². The maximum absolute atomic E-state index is 13.5. The predicted octanol–water partition coefficient (Wildman–Crippen LogP) is 1.96. The number of ether oxygens (including phenoxy) is 1. The third-order valence-electron chi connectivity index (χ3n) is 4.32. The number of carbonyl (C=O) groups excluding carboxylic acids is 2. The average molecular weight is 371 g/mol. The van der Waals surface area contributed by atoms with E-state index in [0.29, 0.717) is 30.9 Å². The van der Waals surface area contributed by atoms with E-state index in [2.05, 4.69) is 15.5 Å². The lowest BCUT2D eigenvalue weighted by atomic mass is 10.1. The van der Waals surface area contributed by atoms with Crippen LogP contribution in [0, 0.1) is 5.82 Å². The Labute approximate surface area is 157 Å². The fraction of sp³-hybridized carbons (Fsp3) is 0.300. The number of amides is 2. The molecule has 0 unspecified atom stereocenters. The standard InChI is InChI=1S/C20H22FN3O3/c21-18-7-2-1-4-15(18)8-9-22-19(25)20(26)23-16-5-3-6-17(14-16)24-10-12-27-13-11-24/h1-7,14H,8-13H2,(H,22,25)(H,23,26). The first kappa shape index (κ1) is 18.8. The number of nitrogens with one attached hydrogen (secondary N) is 2. The van der Waals surface area contributed by atoms with Gasteiger partial charge in [-0.2, -0.15) is 0 Å². The fourth-order valence-corrected chi connectivity index (χ4v) is 2.88. The summed E-state index contributed by atoms with van der Waals surface area (Å²) in [5, 5.41) is 5.11. The number of hydrogen-bond donors (Lipinski definition) is 2. The number of hydrogen-bond acceptors (Lipinski definition) is 4. The van der Waals surface area contributed by atoms with Crippen molar-refractivity contribution < 1.29 is 18.7 Å². The first-order valence-corrected chi connectivity index (χ1v) is 8.89. The molecule has 1 fully saturated rings. The molecule has 0 atom stereocenters. The van der Waals surface area contributed by atoms with Crippen LogP contribution in [0.25, 0.3) is 0 Å². The van der Waals surface area contributed by atoms with Gasteiger partial charge in [0.25, 0.3) is 0 Å². The molecule has 2 amide bonds. The number of morpholine rings is 1. The van der Waals surface area contributed by atoms with Crippen molar-refractivity contribution in [2.45, 2.75) is 6.42 Å². The Bertz CT molecular complexity index is 807. The summed E-state index contributed by atoms with van der Waals surface area (Å²) >= 11 is 0. The fourth-order valence-electron chi connectivity index (χ4n) is 2.88. The molecular formula is C20H22FN3O3. The van der Waals surface area contributed by atoms with Gasteiger partial charge in [-0.15, -0.1) is 0 Å². The van der Waals surface area contributed by atoms with Crippen molar-refractivity contribution in [1.82, 2.24) is 5.32 Å². The lowest BCUT2D eigenvalue weighted by Gasteiger charge is -2.29. The van der Waals surface area contributed by atoms with Crippen LogP contribution in [0.2, 0.25) is 0 Å². The summed E-state index contributed by atoms with van der Waals surface area (Å²) < 4.78 is 18.9. The number of halogens is 1. The van der Waals surface area contributed by atoms with Gasteiger partial charge in [-0.3, -0.25) is 9.59 Å². The highest BCUT2D eigenvalue weighted by Gasteiger charge is 2.15. The molecule has 2 N–H and O–H groups in total. The van der Waals surface area contributed by atoms with Crippen LogP contribution in [0.3, 0.4) is 0 Å². The smallest absolute Gasteiger partial charge is 0.313 e. The van der Waals surface area contributed by atoms with Gasteiger partial charge < -0.3 is 20.3 Å². The topological polar surface area (TPSA) is 70.7 Å². The predicted molar refractivity (Wildman–Crippen MR) is 101 cm³/mol. The molecule has 1 heterocycles. The van der Waals surface area contributed by atoms with Crippen LogP contribution in [0.5, 0.6) is 0 Å². The van der Waals surface area contributed by atoms with Crippen LogP contribution in [-0.4, -0.2) is 44.7 Å². The minimum atomic E-state index is -0.748. The minimum Gasteiger partial charge on any atom is -0.378 e. The second kappa shape index (κ2) is 9.14. The number of benzene rings is 2. The molecule has 27 heavy (non-hydrogen) atoms. The van der Waals surface area contributed by atoms with Gasteiger partial charge in [-0.05, 0) is 36.2 Å². The Hall–Kier alpha value is -2.93. The van der Waals surface area contributed by atoms with Gasteiger partial charge in [0.1, 0.15) is 5.82 Å². The number of nitrogens with zero attached hydrogens (tertiary/aromatic N) is 1. The summed E-state index contributed by atoms with van der Waals surface area (Å²) in [6.45, 7) is 3.09. The summed E-state index contributed by atoms with van der Waals surface area (Å²) in [7, 11) is 0. The van der Waals surface area contributed by atoms with E-state index in [1.54, 1.807) is 24.3 Å². The van der Waals surface area contributed by atoms with Crippen molar-refractivity contribution in [2.24, 2.45) is 0 Å². The molecule has 7 heteroatoms. The van der Waals surface area contributed by atoms with E-state index >= 15 is 0 Å². The van der Waals surface area contributed by atoms with Crippen LogP contribution in [0.15, 0.2) is 48.5 Å². The third-order valence-corrected chi connectivity index (χ3v) is 4.32. The van der Waals surface area contributed by atoms with E-state index in [0.717, 1.165) is 18.8 Å². The molecule has 0 radical (unpaired) electrons. The second-order valence-corrected chi connectivity index (χ2v) is 6.20. The van der Waals surface area contributed by atoms with Crippen molar-refractivity contribution in [3.05, 3.63) is 59.9 Å². The molecule has 142 valence electrons. The van der Waals surface area contributed by atoms with Crippen molar-refractivity contribution in [1.29, 1.82) is 0 Å². The molecule has 1 aliphatic heterocycles. The van der Waals surface area contributed by atoms with Gasteiger partial charge in [0, 0.05) is 31.0 Å². The Morgan fingerprint density at radius 2 is 1.81 bits per heavy atom. The molecule has 0 bridgehead atoms. The Balaban J connectivity index is 1.50. The molecular weight excluding hydrogens is 349 g/mol. The highest BCUT2D eigenvalue weighted by Crippen LogP contribution is 2.20. The summed E-state index contributed by atoms with van der Waals surface area (Å²) in [6.07, 6.45) is 0.318. The van der Waals surface area contributed by atoms with E-state index in [1.165, 1.54) is 6.07 Å². The van der Waals surface area contributed by atoms with Crippen LogP contribution >= 0.6 is 0 Å². The highest BCUT2D eigenvalue weighted by molar-refractivity contribution is 6.39. The molecule has 2 aromatic rings. The monoisotopic (exact) mass is 371 g/mol. The lowest BCUT2D eigenvalue weighted by molar-refractivity contribution is -0.136. The van der Waals surface area contributed by atoms with Gasteiger partial charge in [-0.1, -0.05) is 24.3 Å². The molecule has 6 nitrogen and oxygen atoms in total. The molecule has 1 saturated heterocycles. The van der Waals surface area contributed by atoms with Gasteiger partial charge in [-0.25, -0.2) is 4.39 Å². The maximum atomic E-state index is 13.5. The zero-order valence-corrected chi connectivity index (χ0v) is 14.9. The van der Waals surface area contributed by atoms with Crippen LogP contribution in [0.4, 0.5) is 15.8 Å². The van der Waals surface area contributed by atoms with Gasteiger partial charge in [0.15, 0.2) is 0 Å². The van der Waals surface area contributed by atoms with Gasteiger partial charge in [0.2, 0.25) is 0 Å². The SMILES string of the molecule is O=C(NCCc1ccccc1F)C(=O)Nc1cccc(N2CCOCC2)c1. The van der Waals surface area contributed by atoms with Crippen molar-refractivity contribution in [2.75, 3.05) is 43.1 Å². The zero-order chi connectivity index (χ0) is 19.1. The number of rotatable bonds is 5. The van der Waals surface area contributed by atoms with Crippen molar-refractivity contribution in [3.63, 3.8) is 0 Å². The molecule has 0 aliphatic carbocycles. The summed E-state index contributed by atoms with van der Waals surface area (Å²) in [4.78, 5) is 26.2. The van der Waals surface area contributed by atoms with Crippen LogP contribution in [-0.2, 0) is 20.7 Å². The quantitative estimate of drug-likeness (QED) is 0.789. The van der Waals surface area contributed by atoms with E-state index in [4.69, 9.17) is 4.74 Å². The lowest BCUT2D eigenvalue weighted by Crippen LogP contribution is -2.37. The van der Waals surface area contributed by atoms with Gasteiger partial charge in [0.05, 0.1) is 13.2 Å². The minimum absolute atomic E-state index is 0.182. The summed E-state index contributed by atoms with van der Waals surface area (Å²) in [5.41, 5.74) is 2.01. The number of anilines is 2. The van der Waals surface area contributed by atoms with Gasteiger partial charge >= 0.3 is 11.8 Å². The Morgan fingerprint density at radius 1 is 1.04 bits per heavy atom. The van der Waals surface area contributed by atoms with Crippen LogP contribution in [0.1, 0.15) is 5.56 Å². The number of carbonyl (C=O) groups is 2. The zero-order valence-electron chi connectivity index (χ0n) is 14.9. The van der Waals surface area contributed by atoms with E-state index < -0.39 is 11.8 Å². The third kappa shape index (κ3) is 5.27. The molecule has 3 rings (SSSR count). The highest BCUT2D eigenvalue weighted by atomic mass is 19.1. The second-order valence-electron chi connectivity index (χ2n) is 6.20. The Kier molecular flexibility index (Phi) is 6.38. The molecule has 0 saturated carbocycles. The van der Waals surface area contributed by atoms with Crippen molar-refractivity contribution in [3.8, 4) is 0 Å². The average Bonchev–Trinajstić information content (AvgIpc) is 2.70.